The molecule has 0 radical (unpaired) electrons. The van der Waals surface area contributed by atoms with Crippen LogP contribution in [-0.2, 0) is 17.5 Å². The summed E-state index contributed by atoms with van der Waals surface area (Å²) in [6.07, 6.45) is -2.09. The van der Waals surface area contributed by atoms with E-state index in [1.807, 2.05) is 0 Å². The van der Waals surface area contributed by atoms with Gasteiger partial charge in [0.15, 0.2) is 5.69 Å². The zero-order valence-electron chi connectivity index (χ0n) is 9.56. The highest BCUT2D eigenvalue weighted by Crippen LogP contribution is 2.29. The molecule has 0 aromatic carbocycles. The third kappa shape index (κ3) is 2.99. The molecular formula is C10H8F3N3O2S. The van der Waals surface area contributed by atoms with Crippen LogP contribution in [0.2, 0.25) is 0 Å². The number of fused-ring (bicyclic) bond motifs is 1. The SMILES string of the molecule is C[S+]([O-])NC(=O)c1cc2cc(C(F)(F)F)ccn2n1. The number of nitrogens with zero attached hydrogens (tertiary/aromatic N) is 2. The fourth-order valence-corrected chi connectivity index (χ4v) is 1.83. The lowest BCUT2D eigenvalue weighted by atomic mass is 10.2. The average Bonchev–Trinajstić information content (AvgIpc) is 2.69. The van der Waals surface area contributed by atoms with E-state index in [9.17, 15) is 22.5 Å². The van der Waals surface area contributed by atoms with Crippen molar-refractivity contribution in [2.45, 2.75) is 6.18 Å². The van der Waals surface area contributed by atoms with Crippen LogP contribution in [0.4, 0.5) is 13.2 Å². The van der Waals surface area contributed by atoms with Gasteiger partial charge in [-0.3, -0.25) is 4.79 Å². The zero-order valence-corrected chi connectivity index (χ0v) is 10.4. The minimum Gasteiger partial charge on any atom is -0.593 e. The molecule has 102 valence electrons. The van der Waals surface area contributed by atoms with Gasteiger partial charge in [0, 0.05) is 6.20 Å². The molecule has 1 atom stereocenters. The molecule has 0 fully saturated rings. The Kier molecular flexibility index (Phi) is 3.42. The Morgan fingerprint density at radius 1 is 1.47 bits per heavy atom. The third-order valence-corrected chi connectivity index (χ3v) is 2.73. The molecule has 0 saturated heterocycles. The monoisotopic (exact) mass is 291 g/mol. The summed E-state index contributed by atoms with van der Waals surface area (Å²) >= 11 is -1.57. The highest BCUT2D eigenvalue weighted by atomic mass is 32.2. The van der Waals surface area contributed by atoms with Crippen LogP contribution in [0.5, 0.6) is 0 Å². The number of carbonyl (C=O) groups excluding carboxylic acids is 1. The molecule has 2 aromatic heterocycles. The number of aromatic nitrogens is 2. The lowest BCUT2D eigenvalue weighted by Crippen LogP contribution is -2.29. The first-order valence-electron chi connectivity index (χ1n) is 4.98. The van der Waals surface area contributed by atoms with Crippen LogP contribution in [0.3, 0.4) is 0 Å². The van der Waals surface area contributed by atoms with Crippen molar-refractivity contribution < 1.29 is 22.5 Å². The topological polar surface area (TPSA) is 69.5 Å². The summed E-state index contributed by atoms with van der Waals surface area (Å²) in [7, 11) is 0. The van der Waals surface area contributed by atoms with Gasteiger partial charge in [-0.05, 0) is 18.2 Å². The molecule has 5 nitrogen and oxygen atoms in total. The van der Waals surface area contributed by atoms with Gasteiger partial charge >= 0.3 is 12.1 Å². The van der Waals surface area contributed by atoms with Crippen LogP contribution in [0.15, 0.2) is 24.4 Å². The third-order valence-electron chi connectivity index (χ3n) is 2.26. The van der Waals surface area contributed by atoms with Crippen LogP contribution in [0, 0.1) is 0 Å². The van der Waals surface area contributed by atoms with E-state index in [0.717, 1.165) is 22.8 Å². The first-order valence-corrected chi connectivity index (χ1v) is 6.54. The molecule has 1 N–H and O–H groups in total. The molecule has 0 saturated carbocycles. The molecule has 0 spiro atoms. The minimum atomic E-state index is -4.46. The standard InChI is InChI=1S/C10H8F3N3O2S/c1-19(18)15-9(17)8-5-7-4-6(10(11,12)13)2-3-16(7)14-8/h2-5H,1H3,(H,15,17). The Hall–Kier alpha value is -1.74. The van der Waals surface area contributed by atoms with E-state index in [1.54, 1.807) is 0 Å². The van der Waals surface area contributed by atoms with Crippen LogP contribution < -0.4 is 4.72 Å². The molecule has 0 bridgehead atoms. The largest absolute Gasteiger partial charge is 0.593 e. The van der Waals surface area contributed by atoms with Gasteiger partial charge in [0.05, 0.1) is 22.4 Å². The van der Waals surface area contributed by atoms with E-state index in [4.69, 9.17) is 0 Å². The van der Waals surface area contributed by atoms with Crippen molar-refractivity contribution in [2.75, 3.05) is 6.26 Å². The molecule has 9 heteroatoms. The zero-order chi connectivity index (χ0) is 14.2. The van der Waals surface area contributed by atoms with Crippen molar-refractivity contribution in [2.24, 2.45) is 0 Å². The van der Waals surface area contributed by atoms with E-state index in [-0.39, 0.29) is 11.2 Å². The predicted molar refractivity (Wildman–Crippen MR) is 61.7 cm³/mol. The number of rotatable bonds is 2. The van der Waals surface area contributed by atoms with E-state index < -0.39 is 29.0 Å². The first kappa shape index (κ1) is 13.7. The quantitative estimate of drug-likeness (QED) is 0.850. The van der Waals surface area contributed by atoms with Gasteiger partial charge in [-0.1, -0.05) is 0 Å². The average molecular weight is 291 g/mol. The number of amides is 1. The van der Waals surface area contributed by atoms with E-state index in [2.05, 4.69) is 9.82 Å². The number of carbonyl (C=O) groups is 1. The Bertz CT molecular complexity index is 624. The van der Waals surface area contributed by atoms with Gasteiger partial charge in [-0.15, -0.1) is 0 Å². The molecule has 19 heavy (non-hydrogen) atoms. The number of hydrogen-bond donors (Lipinski definition) is 1. The van der Waals surface area contributed by atoms with Gasteiger partial charge in [0.1, 0.15) is 6.26 Å². The molecule has 2 rings (SSSR count). The summed E-state index contributed by atoms with van der Waals surface area (Å²) in [5.41, 5.74) is -0.803. The summed E-state index contributed by atoms with van der Waals surface area (Å²) in [4.78, 5) is 11.5. The van der Waals surface area contributed by atoms with Gasteiger partial charge in [-0.2, -0.15) is 23.0 Å². The van der Waals surface area contributed by atoms with Crippen molar-refractivity contribution in [1.82, 2.24) is 14.3 Å². The number of pyridine rings is 1. The molecule has 0 aliphatic heterocycles. The summed E-state index contributed by atoms with van der Waals surface area (Å²) in [6.45, 7) is 0. The maximum atomic E-state index is 12.5. The molecule has 1 amide bonds. The first-order chi connectivity index (χ1) is 8.77. The maximum Gasteiger partial charge on any atom is 0.416 e. The normalized spacial score (nSPS) is 13.5. The van der Waals surface area contributed by atoms with Crippen molar-refractivity contribution in [3.63, 3.8) is 0 Å². The molecule has 2 aromatic rings. The Morgan fingerprint density at radius 3 is 2.74 bits per heavy atom. The number of halogens is 3. The van der Waals surface area contributed by atoms with Gasteiger partial charge < -0.3 is 4.55 Å². The summed E-state index contributed by atoms with van der Waals surface area (Å²) in [5, 5.41) is 3.79. The van der Waals surface area contributed by atoms with Crippen LogP contribution in [0.25, 0.3) is 5.52 Å². The molecule has 0 aliphatic rings. The minimum absolute atomic E-state index is 0.102. The maximum absolute atomic E-state index is 12.5. The smallest absolute Gasteiger partial charge is 0.416 e. The van der Waals surface area contributed by atoms with Crippen LogP contribution >= 0.6 is 0 Å². The molecule has 2 heterocycles. The lowest BCUT2D eigenvalue weighted by Gasteiger charge is -2.05. The fourth-order valence-electron chi connectivity index (χ4n) is 1.46. The number of hydrogen-bond acceptors (Lipinski definition) is 3. The van der Waals surface area contributed by atoms with Crippen molar-refractivity contribution in [3.8, 4) is 0 Å². The van der Waals surface area contributed by atoms with E-state index >= 15 is 0 Å². The highest BCUT2D eigenvalue weighted by molar-refractivity contribution is 7.89. The second kappa shape index (κ2) is 4.74. The van der Waals surface area contributed by atoms with E-state index in [1.165, 1.54) is 12.3 Å². The Labute approximate surface area is 108 Å². The summed E-state index contributed by atoms with van der Waals surface area (Å²) < 4.78 is 51.6. The Balaban J connectivity index is 2.38. The second-order valence-electron chi connectivity index (χ2n) is 3.70. The Morgan fingerprint density at radius 2 is 2.16 bits per heavy atom. The fraction of sp³-hybridized carbons (Fsp3) is 0.200. The van der Waals surface area contributed by atoms with Crippen LogP contribution in [0.1, 0.15) is 16.1 Å². The highest BCUT2D eigenvalue weighted by Gasteiger charge is 2.30. The van der Waals surface area contributed by atoms with Crippen molar-refractivity contribution >= 4 is 22.8 Å². The summed E-state index contributed by atoms with van der Waals surface area (Å²) in [5.74, 6) is -0.710. The van der Waals surface area contributed by atoms with Gasteiger partial charge in [-0.25, -0.2) is 4.52 Å². The van der Waals surface area contributed by atoms with Crippen LogP contribution in [-0.4, -0.2) is 26.3 Å². The van der Waals surface area contributed by atoms with Gasteiger partial charge in [0.25, 0.3) is 0 Å². The molecule has 0 aliphatic carbocycles. The van der Waals surface area contributed by atoms with Crippen molar-refractivity contribution in [3.05, 3.63) is 35.7 Å². The number of alkyl halides is 3. The predicted octanol–water partition coefficient (Wildman–Crippen LogP) is 1.38. The summed E-state index contributed by atoms with van der Waals surface area (Å²) in [6, 6.07) is 2.93. The van der Waals surface area contributed by atoms with Gasteiger partial charge in [0.2, 0.25) is 0 Å². The van der Waals surface area contributed by atoms with Crippen molar-refractivity contribution in [1.29, 1.82) is 0 Å². The number of nitrogens with one attached hydrogen (secondary N) is 1. The van der Waals surface area contributed by atoms with E-state index in [0.29, 0.717) is 0 Å². The second-order valence-corrected chi connectivity index (χ2v) is 4.81. The lowest BCUT2D eigenvalue weighted by molar-refractivity contribution is -0.137. The molecular weight excluding hydrogens is 283 g/mol. The molecule has 1 unspecified atom stereocenters.